The van der Waals surface area contributed by atoms with Gasteiger partial charge < -0.3 is 20.1 Å². The van der Waals surface area contributed by atoms with Crippen LogP contribution in [0.15, 0.2) is 18.2 Å². The Bertz CT molecular complexity index is 712. The van der Waals surface area contributed by atoms with Crippen LogP contribution >= 0.6 is 12.6 Å². The normalized spacial score (nSPS) is 19.7. The maximum absolute atomic E-state index is 12.4. The molecule has 0 aliphatic carbocycles. The minimum atomic E-state index is -1.46. The highest BCUT2D eigenvalue weighted by Gasteiger charge is 2.45. The van der Waals surface area contributed by atoms with E-state index in [0.717, 1.165) is 11.1 Å². The van der Waals surface area contributed by atoms with Crippen molar-refractivity contribution in [1.82, 2.24) is 10.2 Å². The smallest absolute Gasteiger partial charge is 0.407 e. The fraction of sp³-hybridized carbons (Fsp3) is 0.600. The van der Waals surface area contributed by atoms with Gasteiger partial charge in [0.1, 0.15) is 5.60 Å². The molecule has 7 heteroatoms. The lowest BCUT2D eigenvalue weighted by molar-refractivity contribution is -0.131. The lowest BCUT2D eigenvalue weighted by Gasteiger charge is -2.37. The zero-order chi connectivity index (χ0) is 20.4. The van der Waals surface area contributed by atoms with Gasteiger partial charge in [-0.1, -0.05) is 18.2 Å². The Morgan fingerprint density at radius 3 is 2.67 bits per heavy atom. The Morgan fingerprint density at radius 2 is 2.04 bits per heavy atom. The van der Waals surface area contributed by atoms with Crippen LogP contribution in [0, 0.1) is 13.8 Å². The lowest BCUT2D eigenvalue weighted by Crippen LogP contribution is -2.48. The number of alkyl carbamates (subject to hydrolysis) is 1. The van der Waals surface area contributed by atoms with Gasteiger partial charge in [0.05, 0.1) is 6.04 Å². The van der Waals surface area contributed by atoms with E-state index in [2.05, 4.69) is 17.9 Å². The third-order valence-corrected chi connectivity index (χ3v) is 5.35. The highest BCUT2D eigenvalue weighted by atomic mass is 32.1. The number of nitrogens with zero attached hydrogens (tertiary/aromatic N) is 1. The summed E-state index contributed by atoms with van der Waals surface area (Å²) >= 11 is 4.56. The van der Waals surface area contributed by atoms with Gasteiger partial charge in [-0.05, 0) is 57.7 Å². The Balaban J connectivity index is 2.09. The molecule has 0 unspecified atom stereocenters. The maximum atomic E-state index is 12.4. The van der Waals surface area contributed by atoms with Crippen molar-refractivity contribution in [3.8, 4) is 0 Å². The maximum Gasteiger partial charge on any atom is 0.407 e. The van der Waals surface area contributed by atoms with Crippen LogP contribution in [0.1, 0.15) is 50.3 Å². The number of carbonyl (C=O) groups excluding carboxylic acids is 2. The monoisotopic (exact) mass is 394 g/mol. The summed E-state index contributed by atoms with van der Waals surface area (Å²) < 4.78 is 5.20. The van der Waals surface area contributed by atoms with E-state index >= 15 is 0 Å². The van der Waals surface area contributed by atoms with Crippen LogP contribution in [-0.4, -0.2) is 46.7 Å². The molecule has 2 amide bonds. The highest BCUT2D eigenvalue weighted by molar-refractivity contribution is 7.81. The number of aryl methyl sites for hydroxylation is 1. The highest BCUT2D eigenvalue weighted by Crippen LogP contribution is 2.40. The predicted octanol–water partition coefficient (Wildman–Crippen LogP) is 2.89. The van der Waals surface area contributed by atoms with E-state index in [1.807, 2.05) is 32.0 Å². The van der Waals surface area contributed by atoms with Gasteiger partial charge in [-0.3, -0.25) is 4.79 Å². The van der Waals surface area contributed by atoms with Gasteiger partial charge in [-0.15, -0.1) is 12.6 Å². The van der Waals surface area contributed by atoms with E-state index in [9.17, 15) is 14.7 Å². The number of ether oxygens (including phenoxy) is 1. The Kier molecular flexibility index (Phi) is 6.47. The van der Waals surface area contributed by atoms with Gasteiger partial charge in [-0.25, -0.2) is 4.79 Å². The SMILES string of the molecule is Cc1cccc([C@@](O)(S)[C@@H]2CCC(=O)N2CCNC(=O)OC(C)(C)C)c1C. The summed E-state index contributed by atoms with van der Waals surface area (Å²) in [5.41, 5.74) is 2.14. The van der Waals surface area contributed by atoms with Crippen molar-refractivity contribution in [2.45, 2.75) is 64.0 Å². The minimum Gasteiger partial charge on any atom is -0.444 e. The van der Waals surface area contributed by atoms with E-state index in [0.29, 0.717) is 18.4 Å². The molecule has 0 aromatic heterocycles. The van der Waals surface area contributed by atoms with Gasteiger partial charge in [0.15, 0.2) is 4.93 Å². The van der Waals surface area contributed by atoms with Gasteiger partial charge in [-0.2, -0.15) is 0 Å². The molecule has 1 aromatic carbocycles. The Labute approximate surface area is 166 Å². The first-order valence-corrected chi connectivity index (χ1v) is 9.66. The van der Waals surface area contributed by atoms with Gasteiger partial charge in [0.2, 0.25) is 5.91 Å². The zero-order valence-corrected chi connectivity index (χ0v) is 17.6. The van der Waals surface area contributed by atoms with Crippen molar-refractivity contribution in [3.05, 3.63) is 34.9 Å². The third kappa shape index (κ3) is 5.17. The number of thiol groups is 1. The molecule has 1 aliphatic heterocycles. The summed E-state index contributed by atoms with van der Waals surface area (Å²) in [6, 6.07) is 5.24. The van der Waals surface area contributed by atoms with E-state index in [-0.39, 0.29) is 19.0 Å². The molecule has 1 heterocycles. The van der Waals surface area contributed by atoms with Crippen LogP contribution in [0.4, 0.5) is 4.79 Å². The van der Waals surface area contributed by atoms with E-state index in [1.165, 1.54) is 0 Å². The van der Waals surface area contributed by atoms with Crippen molar-refractivity contribution >= 4 is 24.6 Å². The summed E-state index contributed by atoms with van der Waals surface area (Å²) in [7, 11) is 0. The first-order valence-electron chi connectivity index (χ1n) is 9.21. The van der Waals surface area contributed by atoms with Crippen LogP contribution in [0.2, 0.25) is 0 Å². The number of hydrogen-bond acceptors (Lipinski definition) is 5. The molecular formula is C20H30N2O4S. The Morgan fingerprint density at radius 1 is 1.37 bits per heavy atom. The second kappa shape index (κ2) is 8.10. The lowest BCUT2D eigenvalue weighted by atomic mass is 9.93. The number of nitrogens with one attached hydrogen (secondary N) is 1. The molecule has 27 heavy (non-hydrogen) atoms. The summed E-state index contributed by atoms with van der Waals surface area (Å²) in [5.74, 6) is -0.0521. The topological polar surface area (TPSA) is 78.9 Å². The van der Waals surface area contributed by atoms with Crippen LogP contribution in [0.25, 0.3) is 0 Å². The summed E-state index contributed by atoms with van der Waals surface area (Å²) in [4.78, 5) is 24.3. The third-order valence-electron chi connectivity index (χ3n) is 4.81. The van der Waals surface area contributed by atoms with E-state index < -0.39 is 22.7 Å². The van der Waals surface area contributed by atoms with Crippen molar-refractivity contribution in [1.29, 1.82) is 0 Å². The fourth-order valence-electron chi connectivity index (χ4n) is 3.35. The van der Waals surface area contributed by atoms with E-state index in [4.69, 9.17) is 4.74 Å². The predicted molar refractivity (Wildman–Crippen MR) is 108 cm³/mol. The largest absolute Gasteiger partial charge is 0.444 e. The number of hydrogen-bond donors (Lipinski definition) is 3. The first-order chi connectivity index (χ1) is 12.4. The molecular weight excluding hydrogens is 364 g/mol. The van der Waals surface area contributed by atoms with Crippen LogP contribution in [-0.2, 0) is 14.5 Å². The molecule has 0 bridgehead atoms. The van der Waals surface area contributed by atoms with Crippen LogP contribution in [0.5, 0.6) is 0 Å². The molecule has 2 rings (SSSR count). The molecule has 0 radical (unpaired) electrons. The molecule has 1 aromatic rings. The van der Waals surface area contributed by atoms with Gasteiger partial charge in [0.25, 0.3) is 0 Å². The quantitative estimate of drug-likeness (QED) is 0.530. The van der Waals surface area contributed by atoms with Crippen molar-refractivity contribution < 1.29 is 19.4 Å². The zero-order valence-electron chi connectivity index (χ0n) is 16.7. The number of amides is 2. The standard InChI is InChI=1S/C20H30N2O4S/c1-13-7-6-8-15(14(13)2)20(25,27)16-9-10-17(23)22(16)12-11-21-18(24)26-19(3,4)5/h6-8,16,25,27H,9-12H2,1-5H3,(H,21,24)/t16-,20+/m0/s1. The van der Waals surface area contributed by atoms with E-state index in [1.54, 1.807) is 25.7 Å². The average molecular weight is 395 g/mol. The second-order valence-corrected chi connectivity index (χ2v) is 8.73. The van der Waals surface area contributed by atoms with Crippen molar-refractivity contribution in [3.63, 3.8) is 0 Å². The first kappa shape index (κ1) is 21.6. The van der Waals surface area contributed by atoms with Gasteiger partial charge >= 0.3 is 6.09 Å². The number of rotatable bonds is 5. The van der Waals surface area contributed by atoms with Crippen molar-refractivity contribution in [2.24, 2.45) is 0 Å². The molecule has 150 valence electrons. The molecule has 6 nitrogen and oxygen atoms in total. The molecule has 1 fully saturated rings. The number of benzene rings is 1. The number of carbonyl (C=O) groups is 2. The summed E-state index contributed by atoms with van der Waals surface area (Å²) in [5, 5.41) is 13.9. The van der Waals surface area contributed by atoms with Crippen LogP contribution in [0.3, 0.4) is 0 Å². The molecule has 1 aliphatic rings. The molecule has 2 N–H and O–H groups in total. The fourth-order valence-corrected chi connectivity index (χ4v) is 3.87. The summed E-state index contributed by atoms with van der Waals surface area (Å²) in [6.45, 7) is 9.82. The minimum absolute atomic E-state index is 0.0521. The number of aliphatic hydroxyl groups is 1. The summed E-state index contributed by atoms with van der Waals surface area (Å²) in [6.07, 6.45) is 0.338. The van der Waals surface area contributed by atoms with Crippen molar-refractivity contribution in [2.75, 3.05) is 13.1 Å². The molecule has 2 atom stereocenters. The molecule has 1 saturated heterocycles. The van der Waals surface area contributed by atoms with Gasteiger partial charge in [0, 0.05) is 19.5 Å². The Hall–Kier alpha value is -1.73. The second-order valence-electron chi connectivity index (χ2n) is 8.04. The van der Waals surface area contributed by atoms with Crippen LogP contribution < -0.4 is 5.32 Å². The number of likely N-dealkylation sites (tertiary alicyclic amines) is 1. The average Bonchev–Trinajstić information content (AvgIpc) is 2.90. The molecule has 0 saturated carbocycles. The molecule has 0 spiro atoms.